The smallest absolute Gasteiger partial charge is 0.262 e. The molecule has 0 radical (unpaired) electrons. The number of carbonyl (C=O) groups excluding carboxylic acids is 1. The van der Waals surface area contributed by atoms with Crippen LogP contribution in [0.1, 0.15) is 25.8 Å². The number of rotatable bonds is 4. The fraction of sp³-hybridized carbons (Fsp3) is 0.286. The fourth-order valence-electron chi connectivity index (χ4n) is 1.35. The first-order valence-electron chi connectivity index (χ1n) is 5.89. The number of nitrogens with zero attached hydrogens (tertiary/aromatic N) is 1. The van der Waals surface area contributed by atoms with Gasteiger partial charge in [-0.1, -0.05) is 22.9 Å². The van der Waals surface area contributed by atoms with Gasteiger partial charge in [0.2, 0.25) is 0 Å². The Morgan fingerprint density at radius 3 is 2.89 bits per heavy atom. The van der Waals surface area contributed by atoms with Gasteiger partial charge in [-0.25, -0.2) is 0 Å². The van der Waals surface area contributed by atoms with Crippen LogP contribution in [0.5, 0.6) is 5.75 Å². The van der Waals surface area contributed by atoms with Gasteiger partial charge < -0.3 is 10.4 Å². The highest BCUT2D eigenvalue weighted by Gasteiger charge is 2.12. The maximum Gasteiger partial charge on any atom is 0.262 e. The summed E-state index contributed by atoms with van der Waals surface area (Å²) in [5.41, 5.74) is 0.388. The van der Waals surface area contributed by atoms with E-state index in [1.165, 1.54) is 12.1 Å². The molecule has 19 heavy (non-hydrogen) atoms. The van der Waals surface area contributed by atoms with E-state index in [2.05, 4.69) is 21.2 Å². The van der Waals surface area contributed by atoms with Gasteiger partial charge in [0, 0.05) is 16.1 Å². The molecule has 1 atom stereocenters. The Balaban J connectivity index is 3.03. The maximum atomic E-state index is 11.8. The molecule has 0 bridgehead atoms. The minimum absolute atomic E-state index is 0.000330. The van der Waals surface area contributed by atoms with Crippen LogP contribution in [0.2, 0.25) is 0 Å². The summed E-state index contributed by atoms with van der Waals surface area (Å²) in [6.07, 6.45) is 2.16. The molecule has 0 aromatic heterocycles. The van der Waals surface area contributed by atoms with Crippen molar-refractivity contribution >= 4 is 27.9 Å². The zero-order valence-electron chi connectivity index (χ0n) is 10.8. The van der Waals surface area contributed by atoms with Crippen LogP contribution in [0.15, 0.2) is 28.2 Å². The number of benzene rings is 1. The molecule has 1 aromatic rings. The normalized spacial score (nSPS) is 12.6. The largest absolute Gasteiger partial charge is 0.507 e. The molecular formula is C14H15BrN2O2. The Kier molecular flexibility index (Phi) is 5.58. The van der Waals surface area contributed by atoms with Gasteiger partial charge in [0.1, 0.15) is 17.4 Å². The number of carbonyl (C=O) groups is 1. The third kappa shape index (κ3) is 4.42. The molecule has 4 nitrogen and oxygen atoms in total. The lowest BCUT2D eigenvalue weighted by Gasteiger charge is -2.10. The zero-order valence-corrected chi connectivity index (χ0v) is 12.4. The van der Waals surface area contributed by atoms with Gasteiger partial charge in [-0.15, -0.1) is 0 Å². The van der Waals surface area contributed by atoms with E-state index in [9.17, 15) is 9.90 Å². The minimum atomic E-state index is -0.434. The molecular weight excluding hydrogens is 308 g/mol. The van der Waals surface area contributed by atoms with E-state index in [1.807, 2.05) is 19.9 Å². The van der Waals surface area contributed by atoms with Crippen molar-refractivity contribution in [3.8, 4) is 11.8 Å². The van der Waals surface area contributed by atoms with Crippen molar-refractivity contribution in [3.05, 3.63) is 33.8 Å². The first kappa shape index (κ1) is 15.3. The topological polar surface area (TPSA) is 73.1 Å². The van der Waals surface area contributed by atoms with Gasteiger partial charge >= 0.3 is 0 Å². The standard InChI is InChI=1S/C14H15BrN2O2/c1-3-9(2)17-14(19)11(8-16)6-10-7-12(15)4-5-13(10)18/h4-7,9,18H,3H2,1-2H3,(H,17,19)/b11-6+/t9-/m0/s1. The molecule has 0 aliphatic rings. The van der Waals surface area contributed by atoms with E-state index < -0.39 is 5.91 Å². The van der Waals surface area contributed by atoms with E-state index >= 15 is 0 Å². The van der Waals surface area contributed by atoms with Crippen LogP contribution >= 0.6 is 15.9 Å². The van der Waals surface area contributed by atoms with Crippen LogP contribution in [0.4, 0.5) is 0 Å². The van der Waals surface area contributed by atoms with Crippen molar-refractivity contribution in [2.45, 2.75) is 26.3 Å². The summed E-state index contributed by atoms with van der Waals surface area (Å²) in [4.78, 5) is 11.8. The van der Waals surface area contributed by atoms with Gasteiger partial charge in [0.25, 0.3) is 5.91 Å². The predicted octanol–water partition coefficient (Wildman–Crippen LogP) is 2.98. The van der Waals surface area contributed by atoms with Crippen molar-refractivity contribution in [2.24, 2.45) is 0 Å². The molecule has 100 valence electrons. The molecule has 2 N–H and O–H groups in total. The third-order valence-electron chi connectivity index (χ3n) is 2.64. The number of phenolic OH excluding ortho intramolecular Hbond substituents is 1. The first-order valence-corrected chi connectivity index (χ1v) is 6.68. The number of aromatic hydroxyl groups is 1. The molecule has 0 saturated heterocycles. The summed E-state index contributed by atoms with van der Waals surface area (Å²) in [7, 11) is 0. The lowest BCUT2D eigenvalue weighted by molar-refractivity contribution is -0.117. The molecule has 0 aliphatic heterocycles. The van der Waals surface area contributed by atoms with E-state index in [4.69, 9.17) is 5.26 Å². The quantitative estimate of drug-likeness (QED) is 0.661. The highest BCUT2D eigenvalue weighted by Crippen LogP contribution is 2.24. The Labute approximate surface area is 120 Å². The number of halogens is 1. The molecule has 0 aliphatic carbocycles. The summed E-state index contributed by atoms with van der Waals surface area (Å²) in [5.74, 6) is -0.413. The van der Waals surface area contributed by atoms with Crippen molar-refractivity contribution in [2.75, 3.05) is 0 Å². The fourth-order valence-corrected chi connectivity index (χ4v) is 1.73. The maximum absolute atomic E-state index is 11.8. The van der Waals surface area contributed by atoms with E-state index in [1.54, 1.807) is 12.1 Å². The van der Waals surface area contributed by atoms with Crippen LogP contribution in [0.3, 0.4) is 0 Å². The van der Waals surface area contributed by atoms with Gasteiger partial charge in [0.15, 0.2) is 0 Å². The molecule has 0 saturated carbocycles. The van der Waals surface area contributed by atoms with Gasteiger partial charge in [-0.05, 0) is 37.6 Å². The van der Waals surface area contributed by atoms with Gasteiger partial charge in [-0.2, -0.15) is 5.26 Å². The van der Waals surface area contributed by atoms with E-state index in [0.717, 1.165) is 10.9 Å². The van der Waals surface area contributed by atoms with Crippen molar-refractivity contribution in [3.63, 3.8) is 0 Å². The van der Waals surface area contributed by atoms with Gasteiger partial charge in [-0.3, -0.25) is 4.79 Å². The Hall–Kier alpha value is -1.80. The second-order valence-corrected chi connectivity index (χ2v) is 5.07. The summed E-state index contributed by atoms with van der Waals surface area (Å²) in [6, 6.07) is 6.67. The monoisotopic (exact) mass is 322 g/mol. The first-order chi connectivity index (χ1) is 8.97. The van der Waals surface area contributed by atoms with Crippen LogP contribution in [0, 0.1) is 11.3 Å². The molecule has 0 spiro atoms. The molecule has 0 fully saturated rings. The Bertz CT molecular complexity index is 547. The number of nitriles is 1. The molecule has 5 heteroatoms. The summed E-state index contributed by atoms with van der Waals surface area (Å²) >= 11 is 3.27. The number of nitrogens with one attached hydrogen (secondary N) is 1. The molecule has 0 heterocycles. The highest BCUT2D eigenvalue weighted by molar-refractivity contribution is 9.10. The van der Waals surface area contributed by atoms with Crippen molar-refractivity contribution in [1.29, 1.82) is 5.26 Å². The molecule has 0 unspecified atom stereocenters. The lowest BCUT2D eigenvalue weighted by Crippen LogP contribution is -2.32. The number of amides is 1. The molecule has 1 rings (SSSR count). The van der Waals surface area contributed by atoms with Crippen LogP contribution < -0.4 is 5.32 Å². The van der Waals surface area contributed by atoms with Crippen LogP contribution in [-0.2, 0) is 4.79 Å². The minimum Gasteiger partial charge on any atom is -0.507 e. The van der Waals surface area contributed by atoms with E-state index in [0.29, 0.717) is 5.56 Å². The predicted molar refractivity (Wildman–Crippen MR) is 77.3 cm³/mol. The summed E-state index contributed by atoms with van der Waals surface area (Å²) < 4.78 is 0.760. The molecule has 1 aromatic carbocycles. The summed E-state index contributed by atoms with van der Waals surface area (Å²) in [6.45, 7) is 3.81. The Morgan fingerprint density at radius 2 is 2.32 bits per heavy atom. The lowest BCUT2D eigenvalue weighted by atomic mass is 10.1. The number of hydrogen-bond donors (Lipinski definition) is 2. The van der Waals surface area contributed by atoms with E-state index in [-0.39, 0.29) is 17.4 Å². The average molecular weight is 323 g/mol. The average Bonchev–Trinajstić information content (AvgIpc) is 2.39. The van der Waals surface area contributed by atoms with Crippen molar-refractivity contribution < 1.29 is 9.90 Å². The van der Waals surface area contributed by atoms with Crippen LogP contribution in [0.25, 0.3) is 6.08 Å². The highest BCUT2D eigenvalue weighted by atomic mass is 79.9. The molecule has 1 amide bonds. The third-order valence-corrected chi connectivity index (χ3v) is 3.14. The second kappa shape index (κ2) is 6.95. The number of hydrogen-bond acceptors (Lipinski definition) is 3. The second-order valence-electron chi connectivity index (χ2n) is 4.16. The number of phenols is 1. The SMILES string of the molecule is CC[C@H](C)NC(=O)/C(C#N)=C/c1cc(Br)ccc1O. The zero-order chi connectivity index (χ0) is 14.4. The Morgan fingerprint density at radius 1 is 1.63 bits per heavy atom. The summed E-state index contributed by atoms with van der Waals surface area (Å²) in [5, 5.41) is 21.4. The van der Waals surface area contributed by atoms with Crippen molar-refractivity contribution in [1.82, 2.24) is 5.32 Å². The van der Waals surface area contributed by atoms with Gasteiger partial charge in [0.05, 0.1) is 0 Å². The van der Waals surface area contributed by atoms with Crippen LogP contribution in [-0.4, -0.2) is 17.1 Å².